The maximum Gasteiger partial charge on any atom is 0.0991 e. The van der Waals surface area contributed by atoms with Crippen LogP contribution in [0.25, 0.3) is 0 Å². The van der Waals surface area contributed by atoms with E-state index in [1.165, 1.54) is 13.8 Å². The van der Waals surface area contributed by atoms with Gasteiger partial charge in [0.15, 0.2) is 0 Å². The molecule has 0 fully saturated rings. The van der Waals surface area contributed by atoms with E-state index in [1.54, 1.807) is 0 Å². The van der Waals surface area contributed by atoms with E-state index in [0.29, 0.717) is 0 Å². The molecule has 0 aromatic rings. The number of nitrogens with two attached hydrogens (primary N) is 2. The summed E-state index contributed by atoms with van der Waals surface area (Å²) in [7, 11) is 0. The molecule has 0 radical (unpaired) electrons. The molecule has 4 heteroatoms. The highest BCUT2D eigenvalue weighted by atomic mass is 16.3. The van der Waals surface area contributed by atoms with E-state index in [1.807, 2.05) is 0 Å². The van der Waals surface area contributed by atoms with Crippen LogP contribution in [0.5, 0.6) is 0 Å². The molecule has 4 nitrogen and oxygen atoms in total. The van der Waals surface area contributed by atoms with E-state index in [0.717, 1.165) is 0 Å². The third-order valence-electron chi connectivity index (χ3n) is 0. The zero-order valence-electron chi connectivity index (χ0n) is 5.20. The van der Waals surface area contributed by atoms with Crippen molar-refractivity contribution in [2.24, 2.45) is 11.5 Å². The highest BCUT2D eigenvalue weighted by Crippen LogP contribution is 1.50. The lowest BCUT2D eigenvalue weighted by molar-refractivity contribution is 0.202. The van der Waals surface area contributed by atoms with E-state index >= 15 is 0 Å². The van der Waals surface area contributed by atoms with Crippen LogP contribution in [-0.4, -0.2) is 22.7 Å². The maximum absolute atomic E-state index is 7.83. The van der Waals surface area contributed by atoms with Gasteiger partial charge in [-0.05, 0) is 13.8 Å². The van der Waals surface area contributed by atoms with Crippen molar-refractivity contribution in [3.8, 4) is 0 Å². The van der Waals surface area contributed by atoms with Gasteiger partial charge in [-0.1, -0.05) is 0 Å². The summed E-state index contributed by atoms with van der Waals surface area (Å²) in [6, 6.07) is 0. The molecule has 0 heterocycles. The highest BCUT2D eigenvalue weighted by Gasteiger charge is 1.68. The van der Waals surface area contributed by atoms with Crippen molar-refractivity contribution in [3.05, 3.63) is 0 Å². The van der Waals surface area contributed by atoms with Crippen molar-refractivity contribution in [1.29, 1.82) is 0 Å². The van der Waals surface area contributed by atoms with Gasteiger partial charge in [0.1, 0.15) is 0 Å². The van der Waals surface area contributed by atoms with Gasteiger partial charge in [-0.25, -0.2) is 0 Å². The fraction of sp³-hybridized carbons (Fsp3) is 1.00. The van der Waals surface area contributed by atoms with Crippen LogP contribution >= 0.6 is 0 Å². The van der Waals surface area contributed by atoms with Crippen molar-refractivity contribution in [2.75, 3.05) is 0 Å². The van der Waals surface area contributed by atoms with Crippen LogP contribution in [0, 0.1) is 0 Å². The molecule has 0 aliphatic heterocycles. The summed E-state index contributed by atoms with van der Waals surface area (Å²) >= 11 is 0. The van der Waals surface area contributed by atoms with Gasteiger partial charge < -0.3 is 21.7 Å². The van der Waals surface area contributed by atoms with Gasteiger partial charge in [0.05, 0.1) is 12.5 Å². The molecule has 0 aliphatic rings. The molecule has 2 atom stereocenters. The number of hydrogen-bond donors (Lipinski definition) is 4. The molecule has 0 rings (SSSR count). The average Bonchev–Trinajstić information content (AvgIpc) is 1.25. The second kappa shape index (κ2) is 6.84. The van der Waals surface area contributed by atoms with Gasteiger partial charge in [-0.2, -0.15) is 0 Å². The van der Waals surface area contributed by atoms with Crippen LogP contribution in [0.1, 0.15) is 13.8 Å². The Kier molecular flexibility index (Phi) is 9.20. The molecule has 8 heavy (non-hydrogen) atoms. The minimum absolute atomic E-state index is 0.667. The Balaban J connectivity index is 0. The van der Waals surface area contributed by atoms with E-state index in [4.69, 9.17) is 10.2 Å². The molecule has 6 N–H and O–H groups in total. The maximum atomic E-state index is 7.83. The standard InChI is InChI=1S/2C2H7NO/c2*1-2(3)4/h2*2,4H,3H2,1H3. The summed E-state index contributed by atoms with van der Waals surface area (Å²) in [4.78, 5) is 0. The number of hydrogen-bond acceptors (Lipinski definition) is 4. The quantitative estimate of drug-likeness (QED) is 0.296. The Labute approximate surface area is 49.1 Å². The minimum atomic E-state index is -0.667. The van der Waals surface area contributed by atoms with Crippen molar-refractivity contribution in [1.82, 2.24) is 0 Å². The summed E-state index contributed by atoms with van der Waals surface area (Å²) < 4.78 is 0. The molecule has 52 valence electrons. The lowest BCUT2D eigenvalue weighted by atomic mass is 10.7. The topological polar surface area (TPSA) is 92.5 Å². The van der Waals surface area contributed by atoms with Crippen LogP contribution in [0.15, 0.2) is 0 Å². The van der Waals surface area contributed by atoms with Crippen LogP contribution in [0.2, 0.25) is 0 Å². The summed E-state index contributed by atoms with van der Waals surface area (Å²) in [6.45, 7) is 3.00. The average molecular weight is 122 g/mol. The van der Waals surface area contributed by atoms with Crippen LogP contribution < -0.4 is 11.5 Å². The Hall–Kier alpha value is -0.160. The zero-order chi connectivity index (χ0) is 7.15. The first kappa shape index (κ1) is 10.8. The first-order valence-electron chi connectivity index (χ1n) is 2.34. The highest BCUT2D eigenvalue weighted by molar-refractivity contribution is 4.16. The second-order valence-corrected chi connectivity index (χ2v) is 1.48. The van der Waals surface area contributed by atoms with Crippen molar-refractivity contribution in [3.63, 3.8) is 0 Å². The van der Waals surface area contributed by atoms with Crippen molar-refractivity contribution >= 4 is 0 Å². The second-order valence-electron chi connectivity index (χ2n) is 1.48. The molecule has 0 saturated heterocycles. The lowest BCUT2D eigenvalue weighted by Crippen LogP contribution is -2.11. The van der Waals surface area contributed by atoms with E-state index < -0.39 is 12.5 Å². The van der Waals surface area contributed by atoms with Crippen LogP contribution in [-0.2, 0) is 0 Å². The molecule has 0 aromatic carbocycles. The number of aliphatic hydroxyl groups excluding tert-OH is 2. The fourth-order valence-corrected chi connectivity index (χ4v) is 0. The largest absolute Gasteiger partial charge is 0.379 e. The van der Waals surface area contributed by atoms with Crippen LogP contribution in [0.3, 0.4) is 0 Å². The van der Waals surface area contributed by atoms with Crippen LogP contribution in [0.4, 0.5) is 0 Å². The SMILES string of the molecule is CC(N)O.CC(N)O. The first-order valence-corrected chi connectivity index (χ1v) is 2.34. The van der Waals surface area contributed by atoms with Gasteiger partial charge in [0.2, 0.25) is 0 Å². The smallest absolute Gasteiger partial charge is 0.0991 e. The van der Waals surface area contributed by atoms with E-state index in [-0.39, 0.29) is 0 Å². The van der Waals surface area contributed by atoms with Gasteiger partial charge >= 0.3 is 0 Å². The normalized spacial score (nSPS) is 15.8. The Morgan fingerprint density at radius 2 is 1.00 bits per heavy atom. The Morgan fingerprint density at radius 1 is 1.00 bits per heavy atom. The van der Waals surface area contributed by atoms with Gasteiger partial charge in [0, 0.05) is 0 Å². The third kappa shape index (κ3) is 5340. The third-order valence-corrected chi connectivity index (χ3v) is 0. The Bertz CT molecular complexity index is 27.5. The van der Waals surface area contributed by atoms with E-state index in [2.05, 4.69) is 11.5 Å². The zero-order valence-corrected chi connectivity index (χ0v) is 5.20. The molecule has 0 saturated carbocycles. The molecule has 0 aromatic heterocycles. The summed E-state index contributed by atoms with van der Waals surface area (Å²) in [5.41, 5.74) is 9.33. The van der Waals surface area contributed by atoms with Crippen molar-refractivity contribution in [2.45, 2.75) is 26.3 Å². The number of aliphatic hydroxyl groups is 2. The number of rotatable bonds is 0. The molecular weight excluding hydrogens is 108 g/mol. The lowest BCUT2D eigenvalue weighted by Gasteiger charge is -1.82. The Morgan fingerprint density at radius 3 is 1.00 bits per heavy atom. The van der Waals surface area contributed by atoms with Gasteiger partial charge in [-0.15, -0.1) is 0 Å². The first-order chi connectivity index (χ1) is 3.46. The predicted octanol–water partition coefficient (Wildman–Crippen LogP) is -1.43. The van der Waals surface area contributed by atoms with Gasteiger partial charge in [-0.3, -0.25) is 0 Å². The molecule has 0 amide bonds. The summed E-state index contributed by atoms with van der Waals surface area (Å²) in [5.74, 6) is 0. The minimum Gasteiger partial charge on any atom is -0.379 e. The van der Waals surface area contributed by atoms with Crippen molar-refractivity contribution < 1.29 is 10.2 Å². The molecular formula is C4H14N2O2. The molecule has 0 aliphatic carbocycles. The predicted molar refractivity (Wildman–Crippen MR) is 31.7 cm³/mol. The molecule has 2 unspecified atom stereocenters. The summed E-state index contributed by atoms with van der Waals surface area (Å²) in [5, 5.41) is 15.7. The monoisotopic (exact) mass is 122 g/mol. The molecule has 0 spiro atoms. The van der Waals surface area contributed by atoms with E-state index in [9.17, 15) is 0 Å². The molecule has 0 bridgehead atoms. The van der Waals surface area contributed by atoms with Gasteiger partial charge in [0.25, 0.3) is 0 Å². The summed E-state index contributed by atoms with van der Waals surface area (Å²) in [6.07, 6.45) is -1.33. The fourth-order valence-electron chi connectivity index (χ4n) is 0.